The average molecular weight is 248 g/mol. The Morgan fingerprint density at radius 3 is 2.40 bits per heavy atom. The Morgan fingerprint density at radius 1 is 1.53 bits per heavy atom. The van der Waals surface area contributed by atoms with Crippen molar-refractivity contribution in [3.05, 3.63) is 0 Å². The molecular formula is C6H13ClF3N5. The monoisotopic (exact) mass is 247 g/mol. The zero-order valence-corrected chi connectivity index (χ0v) is 8.80. The first kappa shape index (κ1) is 16.3. The van der Waals surface area contributed by atoms with Crippen LogP contribution in [0.4, 0.5) is 13.2 Å². The summed E-state index contributed by atoms with van der Waals surface area (Å²) in [6.07, 6.45) is 0. The van der Waals surface area contributed by atoms with Crippen LogP contribution in [-0.4, -0.2) is 31.2 Å². The molecule has 0 aromatic heterocycles. The van der Waals surface area contributed by atoms with Gasteiger partial charge in [0.15, 0.2) is 12.6 Å². The van der Waals surface area contributed by atoms with E-state index in [1.54, 1.807) is 6.92 Å². The molecule has 0 amide bonds. The van der Waals surface area contributed by atoms with E-state index in [-0.39, 0.29) is 19.0 Å². The summed E-state index contributed by atoms with van der Waals surface area (Å²) >= 11 is 0. The van der Waals surface area contributed by atoms with Crippen LogP contribution in [0.3, 0.4) is 0 Å². The molecule has 0 aliphatic heterocycles. The molecule has 0 aromatic carbocycles. The average Bonchev–Trinajstić information content (AvgIpc) is 2.03. The van der Waals surface area contributed by atoms with Gasteiger partial charge in [0.25, 0.3) is 0 Å². The standard InChI is InChI=1S/C6H12F3N5.ClH/c1-2-12-5(13-4(10)11)14-6(8,9)3-7;/h2-3H2,1H3,(H5,10,11,12,13,14);1H. The number of nitrogens with one attached hydrogen (secondary N) is 3. The second-order valence-electron chi connectivity index (χ2n) is 2.32. The van der Waals surface area contributed by atoms with Crippen molar-refractivity contribution < 1.29 is 13.2 Å². The highest BCUT2D eigenvalue weighted by Gasteiger charge is 2.30. The fourth-order valence-electron chi connectivity index (χ4n) is 0.603. The van der Waals surface area contributed by atoms with Crippen LogP contribution in [0.15, 0.2) is 4.99 Å². The Balaban J connectivity index is 0. The highest BCUT2D eigenvalue weighted by Crippen LogP contribution is 2.08. The molecule has 5 N–H and O–H groups in total. The van der Waals surface area contributed by atoms with Gasteiger partial charge in [-0.1, -0.05) is 0 Å². The number of hydrogen-bond acceptors (Lipinski definition) is 2. The third-order valence-electron chi connectivity index (χ3n) is 1.04. The van der Waals surface area contributed by atoms with Crippen LogP contribution in [-0.2, 0) is 0 Å². The molecule has 0 saturated carbocycles. The molecule has 90 valence electrons. The van der Waals surface area contributed by atoms with Crippen LogP contribution in [0, 0.1) is 5.41 Å². The van der Waals surface area contributed by atoms with E-state index in [0.717, 1.165) is 0 Å². The molecule has 0 fully saturated rings. The van der Waals surface area contributed by atoms with Gasteiger partial charge in [-0.15, -0.1) is 12.4 Å². The number of hydrogen-bond donors (Lipinski definition) is 4. The van der Waals surface area contributed by atoms with Crippen molar-refractivity contribution in [1.82, 2.24) is 10.6 Å². The van der Waals surface area contributed by atoms with E-state index in [4.69, 9.17) is 11.1 Å². The van der Waals surface area contributed by atoms with Gasteiger partial charge in [-0.05, 0) is 6.92 Å². The first-order chi connectivity index (χ1) is 6.41. The van der Waals surface area contributed by atoms with Gasteiger partial charge >= 0.3 is 6.05 Å². The van der Waals surface area contributed by atoms with Gasteiger partial charge in [0.1, 0.15) is 0 Å². The zero-order valence-electron chi connectivity index (χ0n) is 7.98. The molecule has 0 rings (SSSR count). The molecule has 0 aliphatic rings. The summed E-state index contributed by atoms with van der Waals surface area (Å²) in [4.78, 5) is 3.52. The molecule has 0 bridgehead atoms. The normalized spacial score (nSPS) is 11.6. The number of nitrogens with two attached hydrogens (primary N) is 1. The quantitative estimate of drug-likeness (QED) is 0.331. The Labute approximate surface area is 91.2 Å². The van der Waals surface area contributed by atoms with E-state index in [0.29, 0.717) is 0 Å². The van der Waals surface area contributed by atoms with Crippen LogP contribution < -0.4 is 16.4 Å². The SMILES string of the molecule is CCN=C(NC(=N)N)NC(F)(F)CF.Cl. The maximum atomic E-state index is 12.5. The van der Waals surface area contributed by atoms with Crippen LogP contribution >= 0.6 is 12.4 Å². The van der Waals surface area contributed by atoms with Gasteiger partial charge in [-0.25, -0.2) is 4.39 Å². The lowest BCUT2D eigenvalue weighted by Crippen LogP contribution is -2.52. The van der Waals surface area contributed by atoms with E-state index in [9.17, 15) is 13.2 Å². The van der Waals surface area contributed by atoms with Gasteiger partial charge in [0.2, 0.25) is 5.96 Å². The third-order valence-corrected chi connectivity index (χ3v) is 1.04. The summed E-state index contributed by atoms with van der Waals surface area (Å²) in [6, 6.07) is -3.71. The molecular weight excluding hydrogens is 235 g/mol. The molecule has 0 spiro atoms. The zero-order chi connectivity index (χ0) is 11.2. The highest BCUT2D eigenvalue weighted by molar-refractivity contribution is 5.96. The summed E-state index contributed by atoms with van der Waals surface area (Å²) in [7, 11) is 0. The van der Waals surface area contributed by atoms with Crippen LogP contribution in [0.5, 0.6) is 0 Å². The van der Waals surface area contributed by atoms with Crippen molar-refractivity contribution in [3.63, 3.8) is 0 Å². The highest BCUT2D eigenvalue weighted by atomic mass is 35.5. The van der Waals surface area contributed by atoms with Crippen molar-refractivity contribution in [2.24, 2.45) is 10.7 Å². The molecule has 5 nitrogen and oxygen atoms in total. The molecule has 15 heavy (non-hydrogen) atoms. The molecule has 0 radical (unpaired) electrons. The minimum atomic E-state index is -3.71. The summed E-state index contributed by atoms with van der Waals surface area (Å²) in [5.74, 6) is -0.984. The second-order valence-corrected chi connectivity index (χ2v) is 2.32. The number of halogens is 4. The maximum Gasteiger partial charge on any atom is 0.353 e. The minimum Gasteiger partial charge on any atom is -0.370 e. The van der Waals surface area contributed by atoms with Gasteiger partial charge in [-0.2, -0.15) is 8.78 Å². The Kier molecular flexibility index (Phi) is 7.76. The fourth-order valence-corrected chi connectivity index (χ4v) is 0.603. The summed E-state index contributed by atoms with van der Waals surface area (Å²) in [6.45, 7) is -0.0720. The molecule has 0 unspecified atom stereocenters. The van der Waals surface area contributed by atoms with E-state index in [2.05, 4.69) is 4.99 Å². The number of aliphatic imine (C=N–C) groups is 1. The van der Waals surface area contributed by atoms with Crippen LogP contribution in [0.1, 0.15) is 6.92 Å². The first-order valence-electron chi connectivity index (χ1n) is 3.78. The van der Waals surface area contributed by atoms with Gasteiger partial charge < -0.3 is 5.73 Å². The van der Waals surface area contributed by atoms with E-state index >= 15 is 0 Å². The molecule has 0 atom stereocenters. The number of nitrogens with zero attached hydrogens (tertiary/aromatic N) is 1. The molecule has 0 heterocycles. The van der Waals surface area contributed by atoms with Crippen molar-refractivity contribution in [2.45, 2.75) is 13.0 Å². The topological polar surface area (TPSA) is 86.3 Å². The van der Waals surface area contributed by atoms with Crippen molar-refractivity contribution in [2.75, 3.05) is 13.2 Å². The molecule has 9 heteroatoms. The van der Waals surface area contributed by atoms with Crippen LogP contribution in [0.25, 0.3) is 0 Å². The maximum absolute atomic E-state index is 12.5. The number of guanidine groups is 2. The smallest absolute Gasteiger partial charge is 0.353 e. The Hall–Kier alpha value is -1.18. The van der Waals surface area contributed by atoms with Crippen LogP contribution in [0.2, 0.25) is 0 Å². The van der Waals surface area contributed by atoms with Gasteiger partial charge in [0, 0.05) is 6.54 Å². The lowest BCUT2D eigenvalue weighted by Gasteiger charge is -2.17. The van der Waals surface area contributed by atoms with E-state index in [1.165, 1.54) is 5.32 Å². The van der Waals surface area contributed by atoms with Gasteiger partial charge in [0.05, 0.1) is 0 Å². The lowest BCUT2D eigenvalue weighted by atomic mass is 10.6. The Morgan fingerprint density at radius 2 is 2.07 bits per heavy atom. The number of rotatable bonds is 3. The third kappa shape index (κ3) is 7.86. The summed E-state index contributed by atoms with van der Waals surface area (Å²) in [5, 5.41) is 10.3. The molecule has 0 aliphatic carbocycles. The van der Waals surface area contributed by atoms with E-state index in [1.807, 2.05) is 5.32 Å². The second kappa shape index (κ2) is 7.16. The molecule has 0 saturated heterocycles. The number of alkyl halides is 3. The molecule has 0 aromatic rings. The largest absolute Gasteiger partial charge is 0.370 e. The summed E-state index contributed by atoms with van der Waals surface area (Å²) < 4.78 is 36.6. The predicted molar refractivity (Wildman–Crippen MR) is 54.3 cm³/mol. The Bertz CT molecular complexity index is 233. The predicted octanol–water partition coefficient (Wildman–Crippen LogP) is 0.419. The minimum absolute atomic E-state index is 0. The lowest BCUT2D eigenvalue weighted by molar-refractivity contribution is -0.0375. The fraction of sp³-hybridized carbons (Fsp3) is 0.667. The van der Waals surface area contributed by atoms with Gasteiger partial charge in [-0.3, -0.25) is 21.0 Å². The van der Waals surface area contributed by atoms with Crippen molar-refractivity contribution >= 4 is 24.3 Å². The summed E-state index contributed by atoms with van der Waals surface area (Å²) in [5.41, 5.74) is 4.90. The first-order valence-corrected chi connectivity index (χ1v) is 3.78. The van der Waals surface area contributed by atoms with Crippen molar-refractivity contribution in [1.29, 1.82) is 5.41 Å². The van der Waals surface area contributed by atoms with E-state index < -0.39 is 24.6 Å². The van der Waals surface area contributed by atoms with Crippen molar-refractivity contribution in [3.8, 4) is 0 Å².